The number of alkyl halides is 6. The van der Waals surface area contributed by atoms with Gasteiger partial charge in [0.1, 0.15) is 0 Å². The van der Waals surface area contributed by atoms with Crippen LogP contribution in [0.25, 0.3) is 0 Å². The molecule has 0 atom stereocenters. The molecular formula is C22H27F6N3O3. The summed E-state index contributed by atoms with van der Waals surface area (Å²) >= 11 is 0. The van der Waals surface area contributed by atoms with E-state index < -0.39 is 24.5 Å². The Kier molecular flexibility index (Phi) is 6.92. The first-order chi connectivity index (χ1) is 16.0. The zero-order valence-corrected chi connectivity index (χ0v) is 18.5. The molecule has 1 aromatic carbocycles. The van der Waals surface area contributed by atoms with E-state index in [0.29, 0.717) is 12.8 Å². The summed E-state index contributed by atoms with van der Waals surface area (Å²) in [5, 5.41) is 0. The molecule has 0 aromatic heterocycles. The third-order valence-corrected chi connectivity index (χ3v) is 6.73. The normalized spacial score (nSPS) is 21.6. The Morgan fingerprint density at radius 3 is 2.03 bits per heavy atom. The second-order valence-electron chi connectivity index (χ2n) is 9.25. The first-order valence-corrected chi connectivity index (χ1v) is 11.2. The second-order valence-corrected chi connectivity index (χ2v) is 9.25. The van der Waals surface area contributed by atoms with Gasteiger partial charge in [0.2, 0.25) is 0 Å². The highest BCUT2D eigenvalue weighted by molar-refractivity contribution is 5.68. The van der Waals surface area contributed by atoms with E-state index >= 15 is 0 Å². The van der Waals surface area contributed by atoms with Gasteiger partial charge < -0.3 is 19.3 Å². The number of likely N-dealkylation sites (tertiary alicyclic amines) is 2. The van der Waals surface area contributed by atoms with Crippen molar-refractivity contribution in [3.63, 3.8) is 0 Å². The van der Waals surface area contributed by atoms with Crippen LogP contribution < -0.4 is 4.90 Å². The molecule has 0 saturated carbocycles. The Hall–Kier alpha value is -2.21. The van der Waals surface area contributed by atoms with Gasteiger partial charge in [-0.15, -0.1) is 0 Å². The summed E-state index contributed by atoms with van der Waals surface area (Å²) in [6.07, 6.45) is -16.1. The fourth-order valence-electron chi connectivity index (χ4n) is 4.88. The molecular weight excluding hydrogens is 468 g/mol. The monoisotopic (exact) mass is 495 g/mol. The average molecular weight is 495 g/mol. The zero-order chi connectivity index (χ0) is 24.6. The highest BCUT2D eigenvalue weighted by Gasteiger charge is 2.60. The molecule has 12 heteroatoms. The van der Waals surface area contributed by atoms with Crippen LogP contribution in [-0.4, -0.2) is 86.8 Å². The molecule has 0 bridgehead atoms. The van der Waals surface area contributed by atoms with Gasteiger partial charge in [-0.05, 0) is 36.0 Å². The largest absolute Gasteiger partial charge is 0.434 e. The van der Waals surface area contributed by atoms with Crippen LogP contribution in [0, 0.1) is 5.41 Å². The van der Waals surface area contributed by atoms with E-state index in [9.17, 15) is 31.1 Å². The van der Waals surface area contributed by atoms with Gasteiger partial charge >= 0.3 is 18.4 Å². The van der Waals surface area contributed by atoms with E-state index in [4.69, 9.17) is 4.74 Å². The number of carbonyl (C=O) groups is 1. The van der Waals surface area contributed by atoms with Crippen molar-refractivity contribution in [2.24, 2.45) is 5.41 Å². The zero-order valence-electron chi connectivity index (χ0n) is 18.5. The van der Waals surface area contributed by atoms with Gasteiger partial charge in [0, 0.05) is 51.5 Å². The molecule has 3 saturated heterocycles. The van der Waals surface area contributed by atoms with Crippen molar-refractivity contribution < 1.29 is 40.6 Å². The summed E-state index contributed by atoms with van der Waals surface area (Å²) in [6.45, 7) is 5.62. The number of halogens is 6. The van der Waals surface area contributed by atoms with Gasteiger partial charge in [0.15, 0.2) is 0 Å². The minimum absolute atomic E-state index is 0.0715. The fourth-order valence-corrected chi connectivity index (χ4v) is 4.88. The molecule has 0 N–H and O–H groups in total. The maximum atomic E-state index is 12.6. The van der Waals surface area contributed by atoms with Gasteiger partial charge in [-0.3, -0.25) is 4.90 Å². The highest BCUT2D eigenvalue weighted by Crippen LogP contribution is 2.42. The summed E-state index contributed by atoms with van der Waals surface area (Å²) < 4.78 is 85.0. The third-order valence-electron chi connectivity index (χ3n) is 6.73. The van der Waals surface area contributed by atoms with E-state index in [1.54, 1.807) is 0 Å². The first kappa shape index (κ1) is 24.9. The lowest BCUT2D eigenvalue weighted by Crippen LogP contribution is -2.60. The summed E-state index contributed by atoms with van der Waals surface area (Å²) in [5.74, 6) is 0. The number of hydrogen-bond acceptors (Lipinski definition) is 5. The SMILES string of the molecule is O=C(OC(C(F)(F)F)C(F)(F)F)N1CCC2(CC1)CN(Cc1ccc(N3CCOCC3)cc1)C2. The maximum absolute atomic E-state index is 12.6. The molecule has 34 heavy (non-hydrogen) atoms. The van der Waals surface area contributed by atoms with Crippen LogP contribution in [0.15, 0.2) is 24.3 Å². The molecule has 6 nitrogen and oxygen atoms in total. The number of benzene rings is 1. The molecule has 0 aliphatic carbocycles. The molecule has 1 spiro atoms. The second kappa shape index (κ2) is 9.44. The van der Waals surface area contributed by atoms with Gasteiger partial charge in [-0.2, -0.15) is 26.3 Å². The third kappa shape index (κ3) is 5.70. The van der Waals surface area contributed by atoms with E-state index in [-0.39, 0.29) is 18.5 Å². The lowest BCUT2D eigenvalue weighted by Gasteiger charge is -2.54. The molecule has 1 aromatic rings. The summed E-state index contributed by atoms with van der Waals surface area (Å²) in [6, 6.07) is 8.36. The number of carbonyl (C=O) groups excluding carboxylic acids is 1. The van der Waals surface area contributed by atoms with Crippen molar-refractivity contribution in [2.45, 2.75) is 37.8 Å². The Morgan fingerprint density at radius 1 is 0.941 bits per heavy atom. The topological polar surface area (TPSA) is 45.2 Å². The molecule has 4 rings (SSSR count). The predicted octanol–water partition coefficient (Wildman–Crippen LogP) is 4.05. The minimum atomic E-state index is -5.71. The van der Waals surface area contributed by atoms with Crippen molar-refractivity contribution in [3.05, 3.63) is 29.8 Å². The Balaban J connectivity index is 1.23. The number of anilines is 1. The number of ether oxygens (including phenoxy) is 2. The number of nitrogens with zero attached hydrogens (tertiary/aromatic N) is 3. The standard InChI is InChI=1S/C22H27F6N3O3/c23-21(24,25)18(22(26,27)28)34-19(32)31-7-5-20(6-8-31)14-29(15-20)13-16-1-3-17(4-2-16)30-9-11-33-12-10-30/h1-4,18H,5-15H2. The van der Waals surface area contributed by atoms with Crippen molar-refractivity contribution in [1.29, 1.82) is 0 Å². The van der Waals surface area contributed by atoms with Crippen LogP contribution in [-0.2, 0) is 16.0 Å². The van der Waals surface area contributed by atoms with Crippen molar-refractivity contribution >= 4 is 11.8 Å². The first-order valence-electron chi connectivity index (χ1n) is 11.2. The number of rotatable bonds is 4. The van der Waals surface area contributed by atoms with Gasteiger partial charge in [-0.25, -0.2) is 4.79 Å². The number of amides is 1. The predicted molar refractivity (Wildman–Crippen MR) is 110 cm³/mol. The smallest absolute Gasteiger partial charge is 0.426 e. The molecule has 0 radical (unpaired) electrons. The Morgan fingerprint density at radius 2 is 1.50 bits per heavy atom. The van der Waals surface area contributed by atoms with Crippen molar-refractivity contribution in [3.8, 4) is 0 Å². The summed E-state index contributed by atoms with van der Waals surface area (Å²) in [5.41, 5.74) is 2.25. The summed E-state index contributed by atoms with van der Waals surface area (Å²) in [7, 11) is 0. The van der Waals surface area contributed by atoms with E-state index in [2.05, 4.69) is 38.8 Å². The van der Waals surface area contributed by atoms with Crippen LogP contribution in [0.5, 0.6) is 0 Å². The lowest BCUT2D eigenvalue weighted by molar-refractivity contribution is -0.308. The van der Waals surface area contributed by atoms with E-state index in [0.717, 1.165) is 56.5 Å². The van der Waals surface area contributed by atoms with Crippen LogP contribution in [0.3, 0.4) is 0 Å². The molecule has 190 valence electrons. The van der Waals surface area contributed by atoms with Gasteiger partial charge in [0.25, 0.3) is 6.10 Å². The van der Waals surface area contributed by atoms with Crippen LogP contribution in [0.1, 0.15) is 18.4 Å². The van der Waals surface area contributed by atoms with Crippen molar-refractivity contribution in [2.75, 3.05) is 57.4 Å². The molecule has 3 fully saturated rings. The molecule has 3 aliphatic heterocycles. The minimum Gasteiger partial charge on any atom is -0.426 e. The number of piperidine rings is 1. The molecule has 0 unspecified atom stereocenters. The Labute approximate surface area is 193 Å². The van der Waals surface area contributed by atoms with E-state index in [1.165, 1.54) is 5.56 Å². The number of morpholine rings is 1. The van der Waals surface area contributed by atoms with Gasteiger partial charge in [-0.1, -0.05) is 12.1 Å². The van der Waals surface area contributed by atoms with Gasteiger partial charge in [0.05, 0.1) is 13.2 Å². The van der Waals surface area contributed by atoms with Crippen LogP contribution in [0.4, 0.5) is 36.8 Å². The van der Waals surface area contributed by atoms with Crippen LogP contribution in [0.2, 0.25) is 0 Å². The average Bonchev–Trinajstić information content (AvgIpc) is 2.76. The fraction of sp³-hybridized carbons (Fsp3) is 0.682. The molecule has 3 heterocycles. The number of hydrogen-bond donors (Lipinski definition) is 0. The Bertz CT molecular complexity index is 825. The lowest BCUT2D eigenvalue weighted by atomic mass is 9.72. The highest BCUT2D eigenvalue weighted by atomic mass is 19.4. The van der Waals surface area contributed by atoms with Crippen molar-refractivity contribution in [1.82, 2.24) is 9.80 Å². The molecule has 3 aliphatic rings. The van der Waals surface area contributed by atoms with Crippen LogP contribution >= 0.6 is 0 Å². The maximum Gasteiger partial charge on any atom is 0.434 e. The van der Waals surface area contributed by atoms with E-state index in [1.807, 2.05) is 0 Å². The molecule has 1 amide bonds. The summed E-state index contributed by atoms with van der Waals surface area (Å²) in [4.78, 5) is 17.4. The quantitative estimate of drug-likeness (QED) is 0.590.